The Hall–Kier alpha value is -0.620. The van der Waals surface area contributed by atoms with E-state index in [-0.39, 0.29) is 12.0 Å². The first-order chi connectivity index (χ1) is 8.16. The molecule has 17 heavy (non-hydrogen) atoms. The summed E-state index contributed by atoms with van der Waals surface area (Å²) in [7, 11) is 1.84. The van der Waals surface area contributed by atoms with Gasteiger partial charge in [0.05, 0.1) is 6.10 Å². The summed E-state index contributed by atoms with van der Waals surface area (Å²) in [5.41, 5.74) is 0.742. The molecule has 0 bridgehead atoms. The van der Waals surface area contributed by atoms with Crippen LogP contribution < -0.4 is 0 Å². The van der Waals surface area contributed by atoms with Gasteiger partial charge in [-0.15, -0.1) is 0 Å². The van der Waals surface area contributed by atoms with Gasteiger partial charge < -0.3 is 9.64 Å². The first kappa shape index (κ1) is 12.8. The van der Waals surface area contributed by atoms with E-state index in [0.717, 1.165) is 28.6 Å². The second-order valence-electron chi connectivity index (χ2n) is 4.33. The zero-order valence-corrected chi connectivity index (χ0v) is 12.0. The number of hydrogen-bond acceptors (Lipinski definition) is 2. The summed E-state index contributed by atoms with van der Waals surface area (Å²) in [6, 6.07) is 7.65. The Bertz CT molecular complexity index is 385. The van der Waals surface area contributed by atoms with Crippen LogP contribution >= 0.6 is 22.6 Å². The molecule has 1 amide bonds. The fraction of sp³-hybridized carbons (Fsp3) is 0.462. The minimum absolute atomic E-state index is 0.0666. The Morgan fingerprint density at radius 3 is 2.76 bits per heavy atom. The highest BCUT2D eigenvalue weighted by Gasteiger charge is 2.20. The summed E-state index contributed by atoms with van der Waals surface area (Å²) in [6.45, 7) is 1.51. The number of benzene rings is 1. The minimum atomic E-state index is 0.0666. The molecule has 0 saturated carbocycles. The maximum Gasteiger partial charge on any atom is 0.253 e. The lowest BCUT2D eigenvalue weighted by Gasteiger charge is -2.20. The van der Waals surface area contributed by atoms with Gasteiger partial charge in [-0.05, 0) is 59.7 Å². The summed E-state index contributed by atoms with van der Waals surface area (Å²) < 4.78 is 6.67. The van der Waals surface area contributed by atoms with E-state index in [1.807, 2.05) is 31.3 Å². The van der Waals surface area contributed by atoms with Crippen molar-refractivity contribution in [1.82, 2.24) is 4.90 Å². The third kappa shape index (κ3) is 3.42. The van der Waals surface area contributed by atoms with Crippen LogP contribution in [0, 0.1) is 3.57 Å². The molecule has 92 valence electrons. The second-order valence-corrected chi connectivity index (χ2v) is 5.57. The molecule has 1 fully saturated rings. The molecule has 1 heterocycles. The Balaban J connectivity index is 1.96. The van der Waals surface area contributed by atoms with Crippen LogP contribution in [0.3, 0.4) is 0 Å². The van der Waals surface area contributed by atoms with Gasteiger partial charge in [-0.2, -0.15) is 0 Å². The molecular weight excluding hydrogens is 329 g/mol. The molecule has 2 rings (SSSR count). The molecular formula is C13H16INO2. The third-order valence-corrected chi connectivity index (χ3v) is 3.66. The van der Waals surface area contributed by atoms with Gasteiger partial charge in [-0.3, -0.25) is 4.79 Å². The summed E-state index contributed by atoms with van der Waals surface area (Å²) in [5.74, 6) is 0.0666. The van der Waals surface area contributed by atoms with E-state index in [1.54, 1.807) is 4.90 Å². The van der Waals surface area contributed by atoms with Gasteiger partial charge in [-0.25, -0.2) is 0 Å². The SMILES string of the molecule is CN(CC1CCCO1)C(=O)c1ccc(I)cc1. The van der Waals surface area contributed by atoms with E-state index < -0.39 is 0 Å². The number of likely N-dealkylation sites (N-methyl/N-ethyl adjacent to an activating group) is 1. The molecule has 3 nitrogen and oxygen atoms in total. The molecule has 0 spiro atoms. The molecule has 4 heteroatoms. The highest BCUT2D eigenvalue weighted by Crippen LogP contribution is 2.14. The molecule has 1 aromatic carbocycles. The largest absolute Gasteiger partial charge is 0.376 e. The lowest BCUT2D eigenvalue weighted by molar-refractivity contribution is 0.0587. The van der Waals surface area contributed by atoms with E-state index in [2.05, 4.69) is 22.6 Å². The van der Waals surface area contributed by atoms with Gasteiger partial charge in [0.1, 0.15) is 0 Å². The van der Waals surface area contributed by atoms with Crippen molar-refractivity contribution in [3.8, 4) is 0 Å². The lowest BCUT2D eigenvalue weighted by Crippen LogP contribution is -2.34. The predicted octanol–water partition coefficient (Wildman–Crippen LogP) is 2.54. The lowest BCUT2D eigenvalue weighted by atomic mass is 10.2. The number of ether oxygens (including phenoxy) is 1. The van der Waals surface area contributed by atoms with E-state index in [4.69, 9.17) is 4.74 Å². The Morgan fingerprint density at radius 2 is 2.18 bits per heavy atom. The first-order valence-electron chi connectivity index (χ1n) is 5.79. The summed E-state index contributed by atoms with van der Waals surface area (Å²) in [6.07, 6.45) is 2.38. The zero-order chi connectivity index (χ0) is 12.3. The van der Waals surface area contributed by atoms with Crippen molar-refractivity contribution in [3.05, 3.63) is 33.4 Å². The van der Waals surface area contributed by atoms with E-state index in [0.29, 0.717) is 6.54 Å². The van der Waals surface area contributed by atoms with Crippen molar-refractivity contribution in [3.63, 3.8) is 0 Å². The van der Waals surface area contributed by atoms with Crippen molar-refractivity contribution < 1.29 is 9.53 Å². The van der Waals surface area contributed by atoms with Gasteiger partial charge in [-0.1, -0.05) is 0 Å². The van der Waals surface area contributed by atoms with Crippen LogP contribution in [-0.4, -0.2) is 37.1 Å². The number of hydrogen-bond donors (Lipinski definition) is 0. The van der Waals surface area contributed by atoms with E-state index in [1.165, 1.54) is 0 Å². The molecule has 0 radical (unpaired) electrons. The van der Waals surface area contributed by atoms with E-state index >= 15 is 0 Å². The number of halogens is 1. The van der Waals surface area contributed by atoms with Gasteiger partial charge in [0.25, 0.3) is 5.91 Å². The molecule has 0 aromatic heterocycles. The van der Waals surface area contributed by atoms with Gasteiger partial charge in [0.15, 0.2) is 0 Å². The zero-order valence-electron chi connectivity index (χ0n) is 9.86. The average Bonchev–Trinajstić information content (AvgIpc) is 2.82. The summed E-state index contributed by atoms with van der Waals surface area (Å²) in [4.78, 5) is 13.9. The summed E-state index contributed by atoms with van der Waals surface area (Å²) in [5, 5.41) is 0. The smallest absolute Gasteiger partial charge is 0.253 e. The van der Waals surface area contributed by atoms with Crippen LogP contribution in [-0.2, 0) is 4.74 Å². The maximum absolute atomic E-state index is 12.1. The quantitative estimate of drug-likeness (QED) is 0.788. The summed E-state index contributed by atoms with van der Waals surface area (Å²) >= 11 is 2.23. The molecule has 0 aliphatic carbocycles. The average molecular weight is 345 g/mol. The normalized spacial score (nSPS) is 19.3. The van der Waals surface area contributed by atoms with Crippen molar-refractivity contribution in [2.75, 3.05) is 20.2 Å². The first-order valence-corrected chi connectivity index (χ1v) is 6.87. The number of carbonyl (C=O) groups is 1. The molecule has 1 aliphatic rings. The van der Waals surface area contributed by atoms with Crippen LogP contribution in [0.1, 0.15) is 23.2 Å². The predicted molar refractivity (Wildman–Crippen MR) is 75.1 cm³/mol. The van der Waals surface area contributed by atoms with Gasteiger partial charge >= 0.3 is 0 Å². The van der Waals surface area contributed by atoms with Crippen molar-refractivity contribution in [2.24, 2.45) is 0 Å². The van der Waals surface area contributed by atoms with Crippen molar-refractivity contribution in [2.45, 2.75) is 18.9 Å². The third-order valence-electron chi connectivity index (χ3n) is 2.94. The maximum atomic E-state index is 12.1. The Kier molecular flexibility index (Phi) is 4.39. The number of carbonyl (C=O) groups excluding carboxylic acids is 1. The number of amides is 1. The molecule has 1 unspecified atom stereocenters. The molecule has 1 aromatic rings. The standard InChI is InChI=1S/C13H16INO2/c1-15(9-12-3-2-8-17-12)13(16)10-4-6-11(14)7-5-10/h4-7,12H,2-3,8-9H2,1H3. The molecule has 1 saturated heterocycles. The monoisotopic (exact) mass is 345 g/mol. The van der Waals surface area contributed by atoms with Gasteiger partial charge in [0, 0.05) is 29.3 Å². The molecule has 1 atom stereocenters. The Morgan fingerprint density at radius 1 is 1.47 bits per heavy atom. The fourth-order valence-electron chi connectivity index (χ4n) is 1.99. The highest BCUT2D eigenvalue weighted by atomic mass is 127. The van der Waals surface area contributed by atoms with Crippen molar-refractivity contribution >= 4 is 28.5 Å². The van der Waals surface area contributed by atoms with Crippen LogP contribution in [0.15, 0.2) is 24.3 Å². The van der Waals surface area contributed by atoms with Crippen LogP contribution in [0.2, 0.25) is 0 Å². The second kappa shape index (κ2) is 5.82. The number of nitrogens with zero attached hydrogens (tertiary/aromatic N) is 1. The number of rotatable bonds is 3. The van der Waals surface area contributed by atoms with Crippen molar-refractivity contribution in [1.29, 1.82) is 0 Å². The van der Waals surface area contributed by atoms with Crippen LogP contribution in [0.5, 0.6) is 0 Å². The minimum Gasteiger partial charge on any atom is -0.376 e. The van der Waals surface area contributed by atoms with E-state index in [9.17, 15) is 4.79 Å². The topological polar surface area (TPSA) is 29.5 Å². The molecule has 0 N–H and O–H groups in total. The molecule has 1 aliphatic heterocycles. The van der Waals surface area contributed by atoms with Crippen LogP contribution in [0.4, 0.5) is 0 Å². The van der Waals surface area contributed by atoms with Gasteiger partial charge in [0.2, 0.25) is 0 Å². The fourth-order valence-corrected chi connectivity index (χ4v) is 2.35. The van der Waals surface area contributed by atoms with Crippen LogP contribution in [0.25, 0.3) is 0 Å². The Labute approximate surface area is 115 Å². The highest BCUT2D eigenvalue weighted by molar-refractivity contribution is 14.1.